The van der Waals surface area contributed by atoms with E-state index in [0.29, 0.717) is 0 Å². The first-order chi connectivity index (χ1) is 6.63. The summed E-state index contributed by atoms with van der Waals surface area (Å²) < 4.78 is 4.56. The van der Waals surface area contributed by atoms with E-state index >= 15 is 0 Å². The number of azo groups is 1. The molecule has 0 aliphatic carbocycles. The van der Waals surface area contributed by atoms with Gasteiger partial charge in [0.1, 0.15) is 5.54 Å². The van der Waals surface area contributed by atoms with Gasteiger partial charge in [-0.25, -0.2) is 4.79 Å². The highest BCUT2D eigenvalue weighted by molar-refractivity contribution is 5.85. The normalized spacial score (nSPS) is 12.9. The van der Waals surface area contributed by atoms with Crippen molar-refractivity contribution < 1.29 is 14.3 Å². The molecule has 0 saturated carbocycles. The molecule has 0 radical (unpaired) electrons. The number of carbonyl (C=O) groups is 2. The zero-order valence-corrected chi connectivity index (χ0v) is 10.1. The van der Waals surface area contributed by atoms with Crippen LogP contribution >= 0.6 is 0 Å². The summed E-state index contributed by atoms with van der Waals surface area (Å²) in [6.07, 6.45) is 0. The summed E-state index contributed by atoms with van der Waals surface area (Å²) in [6, 6.07) is 0. The molecule has 0 atom stereocenters. The zero-order valence-electron chi connectivity index (χ0n) is 10.1. The summed E-state index contributed by atoms with van der Waals surface area (Å²) in [7, 11) is 1.29. The van der Waals surface area contributed by atoms with Crippen molar-refractivity contribution in [3.8, 4) is 0 Å². The van der Waals surface area contributed by atoms with Gasteiger partial charge in [-0.3, -0.25) is 4.79 Å². The fraction of sp³-hybridized carbons (Fsp3) is 0.800. The fourth-order valence-corrected chi connectivity index (χ4v) is 0.611. The molecule has 0 bridgehead atoms. The Balaban J connectivity index is 4.80. The molecule has 0 aliphatic heterocycles. The smallest absolute Gasteiger partial charge is 0.335 e. The van der Waals surface area contributed by atoms with Gasteiger partial charge in [-0.2, -0.15) is 10.2 Å². The Morgan fingerprint density at radius 3 is 1.73 bits per heavy atom. The molecule has 0 aliphatic rings. The van der Waals surface area contributed by atoms with Crippen LogP contribution in [0.2, 0.25) is 0 Å². The Labute approximate surface area is 89.9 Å². The Morgan fingerprint density at radius 2 is 1.40 bits per heavy atom. The van der Waals surface area contributed by atoms with Gasteiger partial charge in [-0.15, -0.1) is 0 Å². The Hall–Kier alpha value is -1.26. The van der Waals surface area contributed by atoms with Crippen molar-refractivity contribution in [2.75, 3.05) is 7.11 Å². The van der Waals surface area contributed by atoms with Gasteiger partial charge in [0.05, 0.1) is 7.11 Å². The second kappa shape index (κ2) is 4.51. The standard InChI is InChI=1S/C10H18N2O3/c1-7(13)9(2,3)11-12-10(4,5)8(14)15-6/h1-6H3. The van der Waals surface area contributed by atoms with Crippen molar-refractivity contribution >= 4 is 11.8 Å². The van der Waals surface area contributed by atoms with Gasteiger partial charge >= 0.3 is 5.97 Å². The van der Waals surface area contributed by atoms with E-state index in [1.165, 1.54) is 14.0 Å². The van der Waals surface area contributed by atoms with Crippen LogP contribution in [0.15, 0.2) is 10.2 Å². The predicted octanol–water partition coefficient (Wildman–Crippen LogP) is 1.76. The van der Waals surface area contributed by atoms with Crippen LogP contribution in [0.5, 0.6) is 0 Å². The summed E-state index contributed by atoms with van der Waals surface area (Å²) in [5.74, 6) is -0.586. The van der Waals surface area contributed by atoms with Gasteiger partial charge in [0.15, 0.2) is 11.3 Å². The summed E-state index contributed by atoms with van der Waals surface area (Å²) in [6.45, 7) is 7.89. The highest BCUT2D eigenvalue weighted by Gasteiger charge is 2.31. The lowest BCUT2D eigenvalue weighted by atomic mass is 10.0. The molecule has 0 unspecified atom stereocenters. The molecule has 0 heterocycles. The zero-order chi connectivity index (χ0) is 12.3. The Kier molecular flexibility index (Phi) is 4.13. The lowest BCUT2D eigenvalue weighted by Gasteiger charge is -2.19. The monoisotopic (exact) mass is 214 g/mol. The van der Waals surface area contributed by atoms with Gasteiger partial charge in [0.2, 0.25) is 0 Å². The first-order valence-electron chi connectivity index (χ1n) is 4.67. The maximum Gasteiger partial charge on any atom is 0.335 e. The predicted molar refractivity (Wildman–Crippen MR) is 55.7 cm³/mol. The average Bonchev–Trinajstić information content (AvgIpc) is 2.13. The van der Waals surface area contributed by atoms with Crippen molar-refractivity contribution in [2.24, 2.45) is 10.2 Å². The molecule has 5 nitrogen and oxygen atoms in total. The van der Waals surface area contributed by atoms with Crippen LogP contribution < -0.4 is 0 Å². The van der Waals surface area contributed by atoms with Crippen LogP contribution in [-0.4, -0.2) is 29.9 Å². The SMILES string of the molecule is COC(=O)C(C)(C)N=NC(C)(C)C(C)=O. The van der Waals surface area contributed by atoms with Crippen molar-refractivity contribution in [1.29, 1.82) is 0 Å². The minimum Gasteiger partial charge on any atom is -0.467 e. The number of methoxy groups -OCH3 is 1. The van der Waals surface area contributed by atoms with Crippen molar-refractivity contribution in [1.82, 2.24) is 0 Å². The highest BCUT2D eigenvalue weighted by atomic mass is 16.5. The molecule has 0 aromatic heterocycles. The maximum absolute atomic E-state index is 11.3. The van der Waals surface area contributed by atoms with Crippen molar-refractivity contribution in [3.63, 3.8) is 0 Å². The van der Waals surface area contributed by atoms with Gasteiger partial charge in [-0.1, -0.05) is 0 Å². The minimum absolute atomic E-state index is 0.105. The van der Waals surface area contributed by atoms with Gasteiger partial charge in [0.25, 0.3) is 0 Å². The van der Waals surface area contributed by atoms with Crippen molar-refractivity contribution in [3.05, 3.63) is 0 Å². The number of ether oxygens (including phenoxy) is 1. The van der Waals surface area contributed by atoms with Crippen LogP contribution in [0.4, 0.5) is 0 Å². The Bertz CT molecular complexity index is 293. The molecule has 0 fully saturated rings. The lowest BCUT2D eigenvalue weighted by Crippen LogP contribution is -2.33. The molecule has 0 saturated heterocycles. The number of carbonyl (C=O) groups excluding carboxylic acids is 2. The molecule has 5 heteroatoms. The van der Waals surface area contributed by atoms with E-state index in [0.717, 1.165) is 0 Å². The van der Waals surface area contributed by atoms with Gasteiger partial charge in [-0.05, 0) is 34.6 Å². The van der Waals surface area contributed by atoms with E-state index in [1.807, 2.05) is 0 Å². The average molecular weight is 214 g/mol. The third-order valence-corrected chi connectivity index (χ3v) is 2.10. The fourth-order valence-electron chi connectivity index (χ4n) is 0.611. The number of rotatable bonds is 4. The van der Waals surface area contributed by atoms with Crippen LogP contribution in [-0.2, 0) is 14.3 Å². The lowest BCUT2D eigenvalue weighted by molar-refractivity contribution is -0.145. The largest absolute Gasteiger partial charge is 0.467 e. The molecule has 0 aromatic rings. The summed E-state index contributed by atoms with van der Waals surface area (Å²) in [4.78, 5) is 22.4. The molecular weight excluding hydrogens is 196 g/mol. The van der Waals surface area contributed by atoms with E-state index in [-0.39, 0.29) is 5.78 Å². The molecule has 0 N–H and O–H groups in total. The summed E-state index contributed by atoms with van der Waals surface area (Å²) in [5.41, 5.74) is -1.95. The quantitative estimate of drug-likeness (QED) is 0.529. The van der Waals surface area contributed by atoms with Gasteiger partial charge < -0.3 is 4.74 Å². The number of ketones is 1. The molecule has 0 spiro atoms. The van der Waals surface area contributed by atoms with E-state index in [1.54, 1.807) is 27.7 Å². The third-order valence-electron chi connectivity index (χ3n) is 2.10. The van der Waals surface area contributed by atoms with Crippen LogP contribution in [0, 0.1) is 0 Å². The topological polar surface area (TPSA) is 68.1 Å². The molecule has 0 aromatic carbocycles. The number of hydrogen-bond acceptors (Lipinski definition) is 5. The van der Waals surface area contributed by atoms with Crippen LogP contribution in [0.1, 0.15) is 34.6 Å². The molecule has 0 rings (SSSR count). The summed E-state index contributed by atoms with van der Waals surface area (Å²) >= 11 is 0. The number of hydrogen-bond donors (Lipinski definition) is 0. The second-order valence-electron chi connectivity index (χ2n) is 4.37. The van der Waals surface area contributed by atoms with E-state index < -0.39 is 17.0 Å². The summed E-state index contributed by atoms with van der Waals surface area (Å²) in [5, 5.41) is 7.72. The van der Waals surface area contributed by atoms with Crippen LogP contribution in [0.3, 0.4) is 0 Å². The molecular formula is C10H18N2O3. The van der Waals surface area contributed by atoms with E-state index in [4.69, 9.17) is 0 Å². The van der Waals surface area contributed by atoms with Gasteiger partial charge in [0, 0.05) is 0 Å². The molecule has 15 heavy (non-hydrogen) atoms. The van der Waals surface area contributed by atoms with E-state index in [2.05, 4.69) is 15.0 Å². The first-order valence-corrected chi connectivity index (χ1v) is 4.67. The number of esters is 1. The number of Topliss-reactive ketones (excluding diaryl/α,β-unsaturated/α-hetero) is 1. The Morgan fingerprint density at radius 1 is 1.00 bits per heavy atom. The highest BCUT2D eigenvalue weighted by Crippen LogP contribution is 2.17. The van der Waals surface area contributed by atoms with E-state index in [9.17, 15) is 9.59 Å². The molecule has 86 valence electrons. The number of nitrogens with zero attached hydrogens (tertiary/aromatic N) is 2. The second-order valence-corrected chi connectivity index (χ2v) is 4.37. The molecule has 0 amide bonds. The van der Waals surface area contributed by atoms with Crippen LogP contribution in [0.25, 0.3) is 0 Å². The van der Waals surface area contributed by atoms with Crippen molar-refractivity contribution in [2.45, 2.75) is 45.7 Å². The first kappa shape index (κ1) is 13.7. The minimum atomic E-state index is -1.05. The maximum atomic E-state index is 11.3. The third kappa shape index (κ3) is 3.77.